The normalized spacial score (nSPS) is 10.0. The Labute approximate surface area is 107 Å². The van der Waals surface area contributed by atoms with Crippen LogP contribution in [-0.2, 0) is 6.42 Å². The first kappa shape index (κ1) is 13.8. The Kier molecular flexibility index (Phi) is 5.82. The lowest BCUT2D eigenvalue weighted by Crippen LogP contribution is -2.18. The minimum absolute atomic E-state index is 0.544. The van der Waals surface area contributed by atoms with Crippen molar-refractivity contribution in [2.75, 3.05) is 20.2 Å². The Morgan fingerprint density at radius 1 is 1.41 bits per heavy atom. The third-order valence-electron chi connectivity index (χ3n) is 2.60. The van der Waals surface area contributed by atoms with E-state index in [1.165, 1.54) is 11.1 Å². The highest BCUT2D eigenvalue weighted by Gasteiger charge is 2.05. The van der Waals surface area contributed by atoms with Crippen molar-refractivity contribution in [2.24, 2.45) is 0 Å². The Bertz CT molecular complexity index is 413. The van der Waals surface area contributed by atoms with E-state index in [-0.39, 0.29) is 0 Å². The summed E-state index contributed by atoms with van der Waals surface area (Å²) in [5.74, 6) is 0.713. The third kappa shape index (κ3) is 4.26. The topological polar surface area (TPSA) is 45.0 Å². The predicted molar refractivity (Wildman–Crippen MR) is 69.5 cm³/mol. The minimum atomic E-state index is 0.544. The number of methoxy groups -OCH3 is 1. The maximum atomic E-state index is 8.40. The summed E-state index contributed by atoms with van der Waals surface area (Å²) in [5.41, 5.74) is 2.38. The molecule has 1 rings (SSSR count). The quantitative estimate of drug-likeness (QED) is 0.792. The maximum Gasteiger partial charge on any atom is 0.137 e. The van der Waals surface area contributed by atoms with E-state index in [0.29, 0.717) is 17.2 Å². The molecular formula is C13H17ClN2O. The van der Waals surface area contributed by atoms with Crippen molar-refractivity contribution in [3.63, 3.8) is 0 Å². The molecule has 0 aliphatic carbocycles. The van der Waals surface area contributed by atoms with E-state index in [9.17, 15) is 0 Å². The number of ether oxygens (including phenoxy) is 1. The molecule has 0 radical (unpaired) electrons. The summed E-state index contributed by atoms with van der Waals surface area (Å²) in [6.07, 6.45) is 1.45. The molecular weight excluding hydrogens is 236 g/mol. The number of nitrogens with zero attached hydrogens (tertiary/aromatic N) is 1. The number of hydrogen-bond donors (Lipinski definition) is 1. The van der Waals surface area contributed by atoms with Crippen molar-refractivity contribution in [1.82, 2.24) is 5.32 Å². The smallest absolute Gasteiger partial charge is 0.137 e. The summed E-state index contributed by atoms with van der Waals surface area (Å²) >= 11 is 6.08. The highest BCUT2D eigenvalue weighted by molar-refractivity contribution is 6.32. The molecule has 0 aromatic heterocycles. The standard InChI is InChI=1S/C13H17ClN2O/c1-10-8-13(17-2)12(14)9-11(10)4-7-16-6-3-5-15/h8-9,16H,3-4,6-7H2,1-2H3. The molecule has 0 aliphatic rings. The number of nitrogens with one attached hydrogen (secondary N) is 1. The van der Waals surface area contributed by atoms with Gasteiger partial charge >= 0.3 is 0 Å². The van der Waals surface area contributed by atoms with E-state index in [2.05, 4.69) is 11.4 Å². The fourth-order valence-corrected chi connectivity index (χ4v) is 1.88. The lowest BCUT2D eigenvalue weighted by atomic mass is 10.1. The SMILES string of the molecule is COc1cc(C)c(CCNCCC#N)cc1Cl. The fourth-order valence-electron chi connectivity index (χ4n) is 1.61. The highest BCUT2D eigenvalue weighted by Crippen LogP contribution is 2.27. The van der Waals surface area contributed by atoms with Crippen LogP contribution in [0.4, 0.5) is 0 Å². The van der Waals surface area contributed by atoms with Gasteiger partial charge in [0.15, 0.2) is 0 Å². The zero-order valence-electron chi connectivity index (χ0n) is 10.2. The summed E-state index contributed by atoms with van der Waals surface area (Å²) in [6.45, 7) is 3.63. The summed E-state index contributed by atoms with van der Waals surface area (Å²) in [6, 6.07) is 6.00. The Hall–Kier alpha value is -1.24. The van der Waals surface area contributed by atoms with Gasteiger partial charge < -0.3 is 10.1 Å². The molecule has 4 heteroatoms. The molecule has 0 spiro atoms. The number of benzene rings is 1. The van der Waals surface area contributed by atoms with Crippen molar-refractivity contribution >= 4 is 11.6 Å². The molecule has 0 unspecified atom stereocenters. The molecule has 92 valence electrons. The van der Waals surface area contributed by atoms with Gasteiger partial charge in [-0.05, 0) is 43.1 Å². The Morgan fingerprint density at radius 2 is 2.18 bits per heavy atom. The van der Waals surface area contributed by atoms with Crippen molar-refractivity contribution < 1.29 is 4.74 Å². The number of nitriles is 1. The fraction of sp³-hybridized carbons (Fsp3) is 0.462. The molecule has 17 heavy (non-hydrogen) atoms. The first-order valence-corrected chi connectivity index (χ1v) is 5.97. The zero-order chi connectivity index (χ0) is 12.7. The third-order valence-corrected chi connectivity index (χ3v) is 2.89. The highest BCUT2D eigenvalue weighted by atomic mass is 35.5. The van der Waals surface area contributed by atoms with Crippen molar-refractivity contribution in [2.45, 2.75) is 19.8 Å². The van der Waals surface area contributed by atoms with Crippen LogP contribution in [0.2, 0.25) is 5.02 Å². The van der Waals surface area contributed by atoms with Crippen LogP contribution >= 0.6 is 11.6 Å². The Balaban J connectivity index is 2.54. The first-order chi connectivity index (χ1) is 8.19. The lowest BCUT2D eigenvalue weighted by molar-refractivity contribution is 0.414. The van der Waals surface area contributed by atoms with Gasteiger partial charge in [-0.25, -0.2) is 0 Å². The lowest BCUT2D eigenvalue weighted by Gasteiger charge is -2.10. The van der Waals surface area contributed by atoms with Gasteiger partial charge in [0.05, 0.1) is 18.2 Å². The van der Waals surface area contributed by atoms with Gasteiger partial charge in [0.1, 0.15) is 5.75 Å². The summed E-state index contributed by atoms with van der Waals surface area (Å²) < 4.78 is 5.15. The Morgan fingerprint density at radius 3 is 2.82 bits per heavy atom. The minimum Gasteiger partial charge on any atom is -0.495 e. The summed E-state index contributed by atoms with van der Waals surface area (Å²) in [4.78, 5) is 0. The molecule has 0 fully saturated rings. The van der Waals surface area contributed by atoms with Gasteiger partial charge in [-0.3, -0.25) is 0 Å². The number of rotatable bonds is 6. The van der Waals surface area contributed by atoms with Crippen LogP contribution in [0.15, 0.2) is 12.1 Å². The average Bonchev–Trinajstić information content (AvgIpc) is 2.32. The molecule has 1 N–H and O–H groups in total. The first-order valence-electron chi connectivity index (χ1n) is 5.59. The summed E-state index contributed by atoms with van der Waals surface area (Å²) in [7, 11) is 1.61. The second-order valence-corrected chi connectivity index (χ2v) is 4.23. The molecule has 1 aromatic rings. The zero-order valence-corrected chi connectivity index (χ0v) is 11.0. The predicted octanol–water partition coefficient (Wildman–Crippen LogP) is 2.70. The van der Waals surface area contributed by atoms with E-state index in [4.69, 9.17) is 21.6 Å². The molecule has 0 atom stereocenters. The monoisotopic (exact) mass is 252 g/mol. The van der Waals surface area contributed by atoms with Crippen molar-refractivity contribution in [1.29, 1.82) is 5.26 Å². The molecule has 0 bridgehead atoms. The van der Waals surface area contributed by atoms with Gasteiger partial charge in [-0.1, -0.05) is 11.6 Å². The van der Waals surface area contributed by atoms with Crippen LogP contribution in [0.3, 0.4) is 0 Å². The van der Waals surface area contributed by atoms with Crippen LogP contribution in [-0.4, -0.2) is 20.2 Å². The van der Waals surface area contributed by atoms with Crippen LogP contribution < -0.4 is 10.1 Å². The molecule has 0 heterocycles. The van der Waals surface area contributed by atoms with Gasteiger partial charge in [-0.15, -0.1) is 0 Å². The van der Waals surface area contributed by atoms with Crippen molar-refractivity contribution in [3.05, 3.63) is 28.3 Å². The molecule has 1 aromatic carbocycles. The molecule has 0 aliphatic heterocycles. The second kappa shape index (κ2) is 7.16. The van der Waals surface area contributed by atoms with Crippen LogP contribution in [0.1, 0.15) is 17.5 Å². The van der Waals surface area contributed by atoms with E-state index >= 15 is 0 Å². The van der Waals surface area contributed by atoms with E-state index in [1.54, 1.807) is 7.11 Å². The van der Waals surface area contributed by atoms with Crippen LogP contribution in [0.5, 0.6) is 5.75 Å². The number of hydrogen-bond acceptors (Lipinski definition) is 3. The largest absolute Gasteiger partial charge is 0.495 e. The molecule has 0 saturated carbocycles. The summed E-state index contributed by atoms with van der Waals surface area (Å²) in [5, 5.41) is 12.3. The average molecular weight is 253 g/mol. The molecule has 3 nitrogen and oxygen atoms in total. The van der Waals surface area contributed by atoms with Crippen LogP contribution in [0, 0.1) is 18.3 Å². The molecule has 0 saturated heterocycles. The second-order valence-electron chi connectivity index (χ2n) is 3.82. The van der Waals surface area contributed by atoms with Crippen molar-refractivity contribution in [3.8, 4) is 11.8 Å². The van der Waals surface area contributed by atoms with E-state index in [0.717, 1.165) is 19.5 Å². The van der Waals surface area contributed by atoms with Gasteiger partial charge in [0.25, 0.3) is 0 Å². The van der Waals surface area contributed by atoms with Gasteiger partial charge in [0, 0.05) is 13.0 Å². The van der Waals surface area contributed by atoms with E-state index in [1.807, 2.05) is 19.1 Å². The molecule has 0 amide bonds. The van der Waals surface area contributed by atoms with E-state index < -0.39 is 0 Å². The van der Waals surface area contributed by atoms with Gasteiger partial charge in [-0.2, -0.15) is 5.26 Å². The maximum absolute atomic E-state index is 8.40. The van der Waals surface area contributed by atoms with Crippen LogP contribution in [0.25, 0.3) is 0 Å². The number of aryl methyl sites for hydroxylation is 1. The number of halogens is 1. The van der Waals surface area contributed by atoms with Gasteiger partial charge in [0.2, 0.25) is 0 Å².